The Morgan fingerprint density at radius 1 is 1.19 bits per heavy atom. The number of carbonyl (C=O) groups is 2. The molecular formula is C19H19FN4O3. The van der Waals surface area contributed by atoms with Crippen LogP contribution in [0.1, 0.15) is 17.3 Å². The van der Waals surface area contributed by atoms with E-state index in [-0.39, 0.29) is 24.2 Å². The number of halogens is 1. The minimum Gasteiger partial charge on any atom is -0.495 e. The molecule has 0 aliphatic rings. The van der Waals surface area contributed by atoms with Crippen LogP contribution in [0.5, 0.6) is 5.75 Å². The first-order valence-corrected chi connectivity index (χ1v) is 8.35. The molecule has 1 heterocycles. The van der Waals surface area contributed by atoms with Gasteiger partial charge in [-0.3, -0.25) is 14.7 Å². The van der Waals surface area contributed by atoms with E-state index in [2.05, 4.69) is 20.8 Å². The lowest BCUT2D eigenvalue weighted by molar-refractivity contribution is -0.118. The number of fused-ring (bicyclic) bond motifs is 1. The van der Waals surface area contributed by atoms with Gasteiger partial charge in [0.1, 0.15) is 17.3 Å². The Bertz CT molecular complexity index is 1000. The molecule has 7 nitrogen and oxygen atoms in total. The summed E-state index contributed by atoms with van der Waals surface area (Å²) >= 11 is 0. The van der Waals surface area contributed by atoms with Gasteiger partial charge in [-0.2, -0.15) is 5.10 Å². The van der Waals surface area contributed by atoms with Crippen LogP contribution in [0.25, 0.3) is 22.2 Å². The van der Waals surface area contributed by atoms with Gasteiger partial charge in [0.15, 0.2) is 0 Å². The summed E-state index contributed by atoms with van der Waals surface area (Å²) in [4.78, 5) is 23.4. The molecule has 0 fully saturated rings. The maximum Gasteiger partial charge on any atom is 0.255 e. The van der Waals surface area contributed by atoms with Gasteiger partial charge in [-0.15, -0.1) is 0 Å². The van der Waals surface area contributed by atoms with Crippen molar-refractivity contribution < 1.29 is 18.7 Å². The van der Waals surface area contributed by atoms with Crippen LogP contribution in [0.3, 0.4) is 0 Å². The molecule has 3 N–H and O–H groups in total. The second kappa shape index (κ2) is 7.86. The summed E-state index contributed by atoms with van der Waals surface area (Å²) in [5, 5.41) is 13.1. The molecule has 0 spiro atoms. The number of aromatic amines is 1. The SMILES string of the molecule is COc1c(C(=O)NCCNC(C)=O)ccc2[nH]nc(-c3cccc(F)c3)c12. The molecule has 2 aromatic carbocycles. The first-order valence-electron chi connectivity index (χ1n) is 8.35. The zero-order valence-electron chi connectivity index (χ0n) is 14.9. The van der Waals surface area contributed by atoms with Crippen LogP contribution < -0.4 is 15.4 Å². The van der Waals surface area contributed by atoms with Gasteiger partial charge in [0, 0.05) is 25.6 Å². The van der Waals surface area contributed by atoms with Crippen LogP contribution in [-0.2, 0) is 4.79 Å². The molecule has 140 valence electrons. The molecule has 0 saturated heterocycles. The zero-order chi connectivity index (χ0) is 19.4. The summed E-state index contributed by atoms with van der Waals surface area (Å²) in [6.07, 6.45) is 0. The van der Waals surface area contributed by atoms with Gasteiger partial charge in [-0.1, -0.05) is 12.1 Å². The van der Waals surface area contributed by atoms with Crippen molar-refractivity contribution in [2.45, 2.75) is 6.92 Å². The summed E-state index contributed by atoms with van der Waals surface area (Å²) in [6, 6.07) is 9.39. The Hall–Kier alpha value is -3.42. The van der Waals surface area contributed by atoms with Crippen molar-refractivity contribution in [3.05, 3.63) is 47.8 Å². The lowest BCUT2D eigenvalue weighted by atomic mass is 10.0. The van der Waals surface area contributed by atoms with Crippen LogP contribution in [0.4, 0.5) is 4.39 Å². The third-order valence-corrected chi connectivity index (χ3v) is 4.01. The third kappa shape index (κ3) is 3.89. The van der Waals surface area contributed by atoms with E-state index in [1.54, 1.807) is 24.3 Å². The quantitative estimate of drug-likeness (QED) is 0.580. The van der Waals surface area contributed by atoms with Crippen molar-refractivity contribution in [3.63, 3.8) is 0 Å². The fourth-order valence-electron chi connectivity index (χ4n) is 2.83. The number of hydrogen-bond donors (Lipinski definition) is 3. The number of nitrogens with zero attached hydrogens (tertiary/aromatic N) is 1. The lowest BCUT2D eigenvalue weighted by Crippen LogP contribution is -2.33. The molecule has 2 amide bonds. The highest BCUT2D eigenvalue weighted by Gasteiger charge is 2.20. The standard InChI is InChI=1S/C19H19FN4O3/c1-11(25)21-8-9-22-19(26)14-6-7-15-16(18(14)27-2)17(24-23-15)12-4-3-5-13(20)10-12/h3-7,10H,8-9H2,1-2H3,(H,21,25)(H,22,26)(H,23,24). The number of carbonyl (C=O) groups excluding carboxylic acids is 2. The predicted octanol–water partition coefficient (Wildman–Crippen LogP) is 2.24. The maximum absolute atomic E-state index is 13.6. The number of nitrogens with one attached hydrogen (secondary N) is 3. The van der Waals surface area contributed by atoms with E-state index in [0.29, 0.717) is 40.0 Å². The minimum atomic E-state index is -0.380. The van der Waals surface area contributed by atoms with E-state index >= 15 is 0 Å². The summed E-state index contributed by atoms with van der Waals surface area (Å²) < 4.78 is 19.1. The maximum atomic E-state index is 13.6. The third-order valence-electron chi connectivity index (χ3n) is 4.01. The van der Waals surface area contributed by atoms with Crippen molar-refractivity contribution in [1.82, 2.24) is 20.8 Å². The molecule has 0 saturated carbocycles. The molecule has 0 aliphatic heterocycles. The molecule has 0 bridgehead atoms. The van der Waals surface area contributed by atoms with Crippen LogP contribution in [0.2, 0.25) is 0 Å². The molecule has 27 heavy (non-hydrogen) atoms. The molecule has 0 aliphatic carbocycles. The number of benzene rings is 2. The van der Waals surface area contributed by atoms with Crippen molar-refractivity contribution in [3.8, 4) is 17.0 Å². The molecule has 0 unspecified atom stereocenters. The highest BCUT2D eigenvalue weighted by molar-refractivity contribution is 6.07. The van der Waals surface area contributed by atoms with Crippen LogP contribution in [-0.4, -0.2) is 42.2 Å². The van der Waals surface area contributed by atoms with E-state index in [4.69, 9.17) is 4.74 Å². The largest absolute Gasteiger partial charge is 0.495 e. The molecule has 0 radical (unpaired) electrons. The van der Waals surface area contributed by atoms with E-state index in [1.165, 1.54) is 26.2 Å². The normalized spacial score (nSPS) is 10.6. The molecule has 1 aromatic heterocycles. The smallest absolute Gasteiger partial charge is 0.255 e. The Balaban J connectivity index is 1.97. The first kappa shape index (κ1) is 18.4. The van der Waals surface area contributed by atoms with Gasteiger partial charge in [0.05, 0.1) is 23.6 Å². The number of methoxy groups -OCH3 is 1. The second-order valence-corrected chi connectivity index (χ2v) is 5.89. The summed E-state index contributed by atoms with van der Waals surface area (Å²) in [7, 11) is 1.46. The van der Waals surface area contributed by atoms with Crippen molar-refractivity contribution in [1.29, 1.82) is 0 Å². The fraction of sp³-hybridized carbons (Fsp3) is 0.211. The number of amides is 2. The molecule has 3 aromatic rings. The van der Waals surface area contributed by atoms with E-state index in [0.717, 1.165) is 0 Å². The highest BCUT2D eigenvalue weighted by Crippen LogP contribution is 2.36. The number of hydrogen-bond acceptors (Lipinski definition) is 4. The zero-order valence-corrected chi connectivity index (χ0v) is 14.9. The Morgan fingerprint density at radius 2 is 1.96 bits per heavy atom. The Morgan fingerprint density at radius 3 is 2.67 bits per heavy atom. The van der Waals surface area contributed by atoms with Gasteiger partial charge in [-0.05, 0) is 24.3 Å². The van der Waals surface area contributed by atoms with E-state index in [9.17, 15) is 14.0 Å². The summed E-state index contributed by atoms with van der Waals surface area (Å²) in [6.45, 7) is 2.01. The average Bonchev–Trinajstić information content (AvgIpc) is 3.08. The van der Waals surface area contributed by atoms with Gasteiger partial charge < -0.3 is 15.4 Å². The summed E-state index contributed by atoms with van der Waals surface area (Å²) in [5.74, 6) is -0.543. The molecule has 8 heteroatoms. The van der Waals surface area contributed by atoms with Gasteiger partial charge >= 0.3 is 0 Å². The number of aromatic nitrogens is 2. The van der Waals surface area contributed by atoms with Gasteiger partial charge in [0.2, 0.25) is 5.91 Å². The van der Waals surface area contributed by atoms with Crippen LogP contribution >= 0.6 is 0 Å². The fourth-order valence-corrected chi connectivity index (χ4v) is 2.83. The van der Waals surface area contributed by atoms with Crippen molar-refractivity contribution >= 4 is 22.7 Å². The predicted molar refractivity (Wildman–Crippen MR) is 99.1 cm³/mol. The molecule has 0 atom stereocenters. The monoisotopic (exact) mass is 370 g/mol. The van der Waals surface area contributed by atoms with E-state index < -0.39 is 0 Å². The van der Waals surface area contributed by atoms with Gasteiger partial charge in [-0.25, -0.2) is 4.39 Å². The van der Waals surface area contributed by atoms with Crippen LogP contribution in [0, 0.1) is 5.82 Å². The Labute approximate surface area is 154 Å². The second-order valence-electron chi connectivity index (χ2n) is 5.89. The van der Waals surface area contributed by atoms with Crippen molar-refractivity contribution in [2.75, 3.05) is 20.2 Å². The number of rotatable bonds is 6. The Kier molecular flexibility index (Phi) is 5.35. The first-order chi connectivity index (χ1) is 13.0. The minimum absolute atomic E-state index is 0.165. The number of H-pyrrole nitrogens is 1. The number of ether oxygens (including phenoxy) is 1. The van der Waals surface area contributed by atoms with E-state index in [1.807, 2.05) is 0 Å². The lowest BCUT2D eigenvalue weighted by Gasteiger charge is -2.11. The molecular weight excluding hydrogens is 351 g/mol. The van der Waals surface area contributed by atoms with Crippen molar-refractivity contribution in [2.24, 2.45) is 0 Å². The topological polar surface area (TPSA) is 96.1 Å². The highest BCUT2D eigenvalue weighted by atomic mass is 19.1. The van der Waals surface area contributed by atoms with Crippen LogP contribution in [0.15, 0.2) is 36.4 Å². The molecule has 3 rings (SSSR count). The van der Waals surface area contributed by atoms with Gasteiger partial charge in [0.25, 0.3) is 5.91 Å². The summed E-state index contributed by atoms with van der Waals surface area (Å²) in [5.41, 5.74) is 2.06. The average molecular weight is 370 g/mol.